The van der Waals surface area contributed by atoms with Gasteiger partial charge in [0, 0.05) is 24.7 Å². The van der Waals surface area contributed by atoms with E-state index in [1.54, 1.807) is 18.3 Å². The first-order valence-corrected chi connectivity index (χ1v) is 8.76. The second-order valence-electron chi connectivity index (χ2n) is 5.94. The van der Waals surface area contributed by atoms with E-state index in [1.165, 1.54) is 23.5 Å². The zero-order valence-corrected chi connectivity index (χ0v) is 14.4. The van der Waals surface area contributed by atoms with Crippen LogP contribution in [0.15, 0.2) is 35.8 Å². The number of hydrogen-bond acceptors (Lipinski definition) is 5. The normalized spacial score (nSPS) is 23.0. The Labute approximate surface area is 144 Å². The molecule has 1 amide bonds. The summed E-state index contributed by atoms with van der Waals surface area (Å²) in [5.41, 5.74) is 0.917. The van der Waals surface area contributed by atoms with Crippen molar-refractivity contribution in [3.8, 4) is 0 Å². The minimum atomic E-state index is -0.303. The van der Waals surface area contributed by atoms with Crippen LogP contribution in [0.3, 0.4) is 0 Å². The molecule has 128 valence electrons. The lowest BCUT2D eigenvalue weighted by molar-refractivity contribution is -0.128. The summed E-state index contributed by atoms with van der Waals surface area (Å²) < 4.78 is 19.1. The monoisotopic (exact) mass is 349 g/mol. The maximum absolute atomic E-state index is 13.1. The van der Waals surface area contributed by atoms with Crippen molar-refractivity contribution in [1.82, 2.24) is 9.88 Å². The van der Waals surface area contributed by atoms with Crippen LogP contribution >= 0.6 is 11.3 Å². The van der Waals surface area contributed by atoms with Crippen LogP contribution in [-0.2, 0) is 9.53 Å². The third-order valence-corrected chi connectivity index (χ3v) is 4.81. The lowest BCUT2D eigenvalue weighted by Crippen LogP contribution is -2.51. The van der Waals surface area contributed by atoms with Crippen molar-refractivity contribution in [2.24, 2.45) is 0 Å². The summed E-state index contributed by atoms with van der Waals surface area (Å²) >= 11 is 1.39. The van der Waals surface area contributed by atoms with Crippen molar-refractivity contribution in [3.05, 3.63) is 47.2 Å². The summed E-state index contributed by atoms with van der Waals surface area (Å²) in [5, 5.41) is 5.25. The number of thiazole rings is 1. The van der Waals surface area contributed by atoms with Gasteiger partial charge >= 0.3 is 0 Å². The summed E-state index contributed by atoms with van der Waals surface area (Å²) in [6.07, 6.45) is 1.47. The van der Waals surface area contributed by atoms with Gasteiger partial charge < -0.3 is 10.1 Å². The molecular formula is C17H20FN3O2S. The molecule has 1 aromatic carbocycles. The average molecular weight is 349 g/mol. The van der Waals surface area contributed by atoms with E-state index in [1.807, 2.05) is 19.2 Å². The van der Waals surface area contributed by atoms with E-state index in [4.69, 9.17) is 4.74 Å². The molecule has 2 aromatic rings. The summed E-state index contributed by atoms with van der Waals surface area (Å²) in [6.45, 7) is 5.11. The molecule has 0 saturated carbocycles. The molecule has 0 bridgehead atoms. The van der Waals surface area contributed by atoms with Crippen LogP contribution in [0.2, 0.25) is 0 Å². The van der Waals surface area contributed by atoms with E-state index in [-0.39, 0.29) is 30.0 Å². The number of hydrogen-bond donors (Lipinski definition) is 1. The molecule has 3 atom stereocenters. The van der Waals surface area contributed by atoms with E-state index in [0.717, 1.165) is 5.56 Å². The van der Waals surface area contributed by atoms with Crippen LogP contribution in [0.25, 0.3) is 0 Å². The number of aromatic nitrogens is 1. The highest BCUT2D eigenvalue weighted by Crippen LogP contribution is 2.27. The highest BCUT2D eigenvalue weighted by atomic mass is 32.1. The Bertz CT molecular complexity index is 678. The van der Waals surface area contributed by atoms with Gasteiger partial charge in [0.1, 0.15) is 5.82 Å². The van der Waals surface area contributed by atoms with E-state index in [9.17, 15) is 9.18 Å². The third-order valence-electron chi connectivity index (χ3n) is 4.12. The molecule has 1 aliphatic heterocycles. The van der Waals surface area contributed by atoms with E-state index in [0.29, 0.717) is 18.2 Å². The first-order valence-electron chi connectivity index (χ1n) is 7.88. The predicted molar refractivity (Wildman–Crippen MR) is 91.5 cm³/mol. The van der Waals surface area contributed by atoms with Gasteiger partial charge in [-0.25, -0.2) is 9.37 Å². The summed E-state index contributed by atoms with van der Waals surface area (Å²) in [7, 11) is 0. The molecule has 24 heavy (non-hydrogen) atoms. The van der Waals surface area contributed by atoms with Crippen molar-refractivity contribution in [2.75, 3.05) is 18.4 Å². The lowest BCUT2D eigenvalue weighted by Gasteiger charge is -2.39. The fourth-order valence-electron chi connectivity index (χ4n) is 2.82. The Kier molecular flexibility index (Phi) is 5.23. The standard InChI is InChI=1S/C17H20FN3O2S/c1-11-9-21(12(2)16(22)20-17-19-7-8-24-17)10-15(23-11)13-3-5-14(18)6-4-13/h3-8,11-12,15H,9-10H2,1-2H3,(H,19,20,22). The van der Waals surface area contributed by atoms with Crippen molar-refractivity contribution in [1.29, 1.82) is 0 Å². The minimum Gasteiger partial charge on any atom is -0.368 e. The number of anilines is 1. The van der Waals surface area contributed by atoms with Crippen LogP contribution < -0.4 is 5.32 Å². The number of rotatable bonds is 4. The molecule has 1 fully saturated rings. The first-order chi connectivity index (χ1) is 11.5. The molecule has 0 radical (unpaired) electrons. The van der Waals surface area contributed by atoms with Crippen molar-refractivity contribution >= 4 is 22.4 Å². The molecule has 7 heteroatoms. The summed E-state index contributed by atoms with van der Waals surface area (Å²) in [6, 6.07) is 6.03. The van der Waals surface area contributed by atoms with Gasteiger partial charge in [-0.3, -0.25) is 9.69 Å². The Morgan fingerprint density at radius 3 is 2.83 bits per heavy atom. The number of morpholine rings is 1. The smallest absolute Gasteiger partial charge is 0.243 e. The van der Waals surface area contributed by atoms with E-state index in [2.05, 4.69) is 15.2 Å². The maximum Gasteiger partial charge on any atom is 0.243 e. The molecule has 5 nitrogen and oxygen atoms in total. The highest BCUT2D eigenvalue weighted by molar-refractivity contribution is 7.13. The zero-order valence-electron chi connectivity index (χ0n) is 13.6. The Morgan fingerprint density at radius 2 is 2.17 bits per heavy atom. The average Bonchev–Trinajstić information content (AvgIpc) is 3.07. The number of carbonyl (C=O) groups excluding carboxylic acids is 1. The number of amides is 1. The van der Waals surface area contributed by atoms with Crippen LogP contribution in [0.1, 0.15) is 25.5 Å². The van der Waals surface area contributed by atoms with Gasteiger partial charge in [0.05, 0.1) is 18.2 Å². The Morgan fingerprint density at radius 1 is 1.42 bits per heavy atom. The predicted octanol–water partition coefficient (Wildman–Crippen LogP) is 3.07. The van der Waals surface area contributed by atoms with Crippen molar-refractivity contribution < 1.29 is 13.9 Å². The van der Waals surface area contributed by atoms with Crippen LogP contribution in [0, 0.1) is 5.82 Å². The molecule has 0 spiro atoms. The molecule has 0 aliphatic carbocycles. The quantitative estimate of drug-likeness (QED) is 0.922. The first kappa shape index (κ1) is 17.0. The highest BCUT2D eigenvalue weighted by Gasteiger charge is 2.32. The number of benzene rings is 1. The number of nitrogens with one attached hydrogen (secondary N) is 1. The lowest BCUT2D eigenvalue weighted by atomic mass is 10.0. The number of halogens is 1. The summed E-state index contributed by atoms with van der Waals surface area (Å²) in [4.78, 5) is 18.6. The van der Waals surface area contributed by atoms with Gasteiger partial charge in [0.2, 0.25) is 5.91 Å². The SMILES string of the molecule is CC1CN(C(C)C(=O)Nc2nccs2)CC(c2ccc(F)cc2)O1. The number of carbonyl (C=O) groups is 1. The molecule has 1 aromatic heterocycles. The van der Waals surface area contributed by atoms with Gasteiger partial charge in [-0.15, -0.1) is 11.3 Å². The molecule has 2 heterocycles. The maximum atomic E-state index is 13.1. The molecule has 3 rings (SSSR count). The molecule has 3 unspecified atom stereocenters. The zero-order chi connectivity index (χ0) is 17.1. The van der Waals surface area contributed by atoms with Gasteiger partial charge in [0.25, 0.3) is 0 Å². The molecule has 1 aliphatic rings. The Balaban J connectivity index is 1.68. The fourth-order valence-corrected chi connectivity index (χ4v) is 3.35. The van der Waals surface area contributed by atoms with Gasteiger partial charge in [0.15, 0.2) is 5.13 Å². The third kappa shape index (κ3) is 3.98. The summed E-state index contributed by atoms with van der Waals surface area (Å²) in [5.74, 6) is -0.354. The Hall–Kier alpha value is -1.83. The number of ether oxygens (including phenoxy) is 1. The molecule has 1 saturated heterocycles. The van der Waals surface area contributed by atoms with E-state index >= 15 is 0 Å². The largest absolute Gasteiger partial charge is 0.368 e. The van der Waals surface area contributed by atoms with Crippen LogP contribution in [0.5, 0.6) is 0 Å². The number of nitrogens with zero attached hydrogens (tertiary/aromatic N) is 2. The molecular weight excluding hydrogens is 329 g/mol. The topological polar surface area (TPSA) is 54.5 Å². The molecule has 1 N–H and O–H groups in total. The second kappa shape index (κ2) is 7.38. The van der Waals surface area contributed by atoms with Gasteiger partial charge in [-0.2, -0.15) is 0 Å². The van der Waals surface area contributed by atoms with E-state index < -0.39 is 0 Å². The fraction of sp³-hybridized carbons (Fsp3) is 0.412. The van der Waals surface area contributed by atoms with Crippen molar-refractivity contribution in [3.63, 3.8) is 0 Å². The van der Waals surface area contributed by atoms with Crippen LogP contribution in [-0.4, -0.2) is 41.0 Å². The van der Waals surface area contributed by atoms with Gasteiger partial charge in [-0.1, -0.05) is 12.1 Å². The van der Waals surface area contributed by atoms with Gasteiger partial charge in [-0.05, 0) is 31.5 Å². The van der Waals surface area contributed by atoms with Crippen LogP contribution in [0.4, 0.5) is 9.52 Å². The minimum absolute atomic E-state index is 0.0103. The van der Waals surface area contributed by atoms with Crippen molar-refractivity contribution in [2.45, 2.75) is 32.1 Å². The second-order valence-corrected chi connectivity index (χ2v) is 6.84.